The second-order valence-corrected chi connectivity index (χ2v) is 8.93. The lowest BCUT2D eigenvalue weighted by molar-refractivity contribution is 0.335. The molecule has 0 bridgehead atoms. The van der Waals surface area contributed by atoms with Crippen LogP contribution < -0.4 is 4.72 Å². The molecule has 1 rings (SSSR count). The van der Waals surface area contributed by atoms with Gasteiger partial charge in [0.1, 0.15) is 4.90 Å². The summed E-state index contributed by atoms with van der Waals surface area (Å²) >= 11 is 0. The van der Waals surface area contributed by atoms with Crippen LogP contribution in [-0.4, -0.2) is 56.7 Å². The first-order valence-corrected chi connectivity index (χ1v) is 10.3. The summed E-state index contributed by atoms with van der Waals surface area (Å²) in [5, 5.41) is 6.47. The van der Waals surface area contributed by atoms with Crippen LogP contribution in [0.15, 0.2) is 4.90 Å². The van der Waals surface area contributed by atoms with Gasteiger partial charge in [-0.05, 0) is 27.2 Å². The predicted molar refractivity (Wildman–Crippen MR) is 84.6 cm³/mol. The molecule has 0 aliphatic heterocycles. The zero-order chi connectivity index (χ0) is 17.1. The van der Waals surface area contributed by atoms with Gasteiger partial charge in [0.15, 0.2) is 0 Å². The molecule has 8 nitrogen and oxygen atoms in total. The van der Waals surface area contributed by atoms with E-state index in [0.29, 0.717) is 17.8 Å². The second-order valence-electron chi connectivity index (χ2n) is 5.29. The summed E-state index contributed by atoms with van der Waals surface area (Å²) in [4.78, 5) is 0.113. The van der Waals surface area contributed by atoms with Gasteiger partial charge >= 0.3 is 0 Å². The van der Waals surface area contributed by atoms with Crippen LogP contribution in [0, 0.1) is 13.8 Å². The van der Waals surface area contributed by atoms with Gasteiger partial charge in [0, 0.05) is 19.1 Å². The minimum atomic E-state index is -3.72. The number of hydrogen-bond acceptors (Lipinski definition) is 5. The molecule has 1 aromatic rings. The molecule has 0 amide bonds. The van der Waals surface area contributed by atoms with Crippen molar-refractivity contribution in [2.24, 2.45) is 0 Å². The van der Waals surface area contributed by atoms with Crippen molar-refractivity contribution < 1.29 is 16.8 Å². The molecule has 0 aromatic carbocycles. The zero-order valence-corrected chi connectivity index (χ0v) is 15.2. The Hall–Kier alpha value is -0.970. The van der Waals surface area contributed by atoms with E-state index in [2.05, 4.69) is 14.9 Å². The molecule has 0 saturated heterocycles. The van der Waals surface area contributed by atoms with Gasteiger partial charge in [0.2, 0.25) is 20.0 Å². The molecule has 0 saturated carbocycles. The third-order valence-electron chi connectivity index (χ3n) is 3.46. The molecule has 1 unspecified atom stereocenters. The third-order valence-corrected chi connectivity index (χ3v) is 6.58. The van der Waals surface area contributed by atoms with Crippen molar-refractivity contribution >= 4 is 20.0 Å². The monoisotopic (exact) mass is 352 g/mol. The van der Waals surface area contributed by atoms with Crippen molar-refractivity contribution in [1.29, 1.82) is 0 Å². The minimum Gasteiger partial charge on any atom is -0.281 e. The van der Waals surface area contributed by atoms with E-state index in [0.717, 1.165) is 6.26 Å². The van der Waals surface area contributed by atoms with Crippen LogP contribution in [-0.2, 0) is 20.0 Å². The molecule has 0 radical (unpaired) electrons. The summed E-state index contributed by atoms with van der Waals surface area (Å²) < 4.78 is 51.8. The fourth-order valence-corrected chi connectivity index (χ4v) is 4.83. The number of sulfonamides is 2. The molecule has 128 valence electrons. The van der Waals surface area contributed by atoms with Crippen LogP contribution in [0.25, 0.3) is 0 Å². The van der Waals surface area contributed by atoms with Crippen molar-refractivity contribution in [3.63, 3.8) is 0 Å². The fourth-order valence-electron chi connectivity index (χ4n) is 2.22. The van der Waals surface area contributed by atoms with Gasteiger partial charge in [-0.15, -0.1) is 0 Å². The molecule has 0 aliphatic carbocycles. The van der Waals surface area contributed by atoms with Crippen molar-refractivity contribution in [3.05, 3.63) is 11.4 Å². The first-order chi connectivity index (χ1) is 10.0. The largest absolute Gasteiger partial charge is 0.281 e. The lowest BCUT2D eigenvalue weighted by atomic mass is 10.2. The molecule has 0 aliphatic rings. The van der Waals surface area contributed by atoms with Crippen LogP contribution in [0.5, 0.6) is 0 Å². The van der Waals surface area contributed by atoms with E-state index in [4.69, 9.17) is 0 Å². The molecular formula is C12H24N4O4S2. The van der Waals surface area contributed by atoms with Gasteiger partial charge in [-0.3, -0.25) is 5.10 Å². The smallest absolute Gasteiger partial charge is 0.244 e. The first-order valence-electron chi connectivity index (χ1n) is 6.98. The summed E-state index contributed by atoms with van der Waals surface area (Å²) in [5.74, 6) is 0. The molecule has 1 aromatic heterocycles. The summed E-state index contributed by atoms with van der Waals surface area (Å²) in [6.07, 6.45) is 1.78. The quantitative estimate of drug-likeness (QED) is 0.702. The summed E-state index contributed by atoms with van der Waals surface area (Å²) in [7, 11) is -7.10. The standard InChI is InChI=1S/C12H24N4O4S2/c1-6-9(2)16(21(5,17)18)8-7-13-22(19,20)12-10(3)14-15-11(12)4/h9,13H,6-8H2,1-5H3,(H,14,15). The highest BCUT2D eigenvalue weighted by Crippen LogP contribution is 2.16. The van der Waals surface area contributed by atoms with Gasteiger partial charge in [0.25, 0.3) is 0 Å². The number of H-pyrrole nitrogens is 1. The van der Waals surface area contributed by atoms with Crippen molar-refractivity contribution in [2.45, 2.75) is 45.1 Å². The molecule has 10 heteroatoms. The highest BCUT2D eigenvalue weighted by Gasteiger charge is 2.25. The van der Waals surface area contributed by atoms with Gasteiger partial charge in [-0.1, -0.05) is 6.92 Å². The van der Waals surface area contributed by atoms with E-state index in [1.54, 1.807) is 20.8 Å². The number of aromatic amines is 1. The van der Waals surface area contributed by atoms with Crippen LogP contribution in [0.3, 0.4) is 0 Å². The lowest BCUT2D eigenvalue weighted by Crippen LogP contribution is -2.42. The Kier molecular flexibility index (Phi) is 6.13. The average Bonchev–Trinajstić information content (AvgIpc) is 2.72. The lowest BCUT2D eigenvalue weighted by Gasteiger charge is -2.25. The number of aryl methyl sites for hydroxylation is 2. The molecule has 2 N–H and O–H groups in total. The van der Waals surface area contributed by atoms with Crippen molar-refractivity contribution in [2.75, 3.05) is 19.3 Å². The highest BCUT2D eigenvalue weighted by molar-refractivity contribution is 7.89. The van der Waals surface area contributed by atoms with E-state index in [-0.39, 0.29) is 24.0 Å². The Morgan fingerprint density at radius 3 is 2.27 bits per heavy atom. The summed E-state index contributed by atoms with van der Waals surface area (Å²) in [5.41, 5.74) is 0.832. The Morgan fingerprint density at radius 1 is 1.27 bits per heavy atom. The van der Waals surface area contributed by atoms with E-state index in [1.807, 2.05) is 6.92 Å². The molecule has 1 heterocycles. The van der Waals surface area contributed by atoms with Crippen LogP contribution in [0.2, 0.25) is 0 Å². The number of rotatable bonds is 8. The van der Waals surface area contributed by atoms with Crippen LogP contribution in [0.4, 0.5) is 0 Å². The van der Waals surface area contributed by atoms with E-state index >= 15 is 0 Å². The third kappa shape index (κ3) is 4.51. The average molecular weight is 352 g/mol. The van der Waals surface area contributed by atoms with E-state index < -0.39 is 20.0 Å². The summed E-state index contributed by atoms with van der Waals surface area (Å²) in [6, 6.07) is -0.183. The number of nitrogens with one attached hydrogen (secondary N) is 2. The highest BCUT2D eigenvalue weighted by atomic mass is 32.2. The van der Waals surface area contributed by atoms with Gasteiger partial charge in [-0.2, -0.15) is 9.40 Å². The Balaban J connectivity index is 2.81. The van der Waals surface area contributed by atoms with E-state index in [9.17, 15) is 16.8 Å². The van der Waals surface area contributed by atoms with Crippen molar-refractivity contribution in [3.8, 4) is 0 Å². The maximum absolute atomic E-state index is 12.3. The molecule has 0 fully saturated rings. The SMILES string of the molecule is CCC(C)N(CCNS(=O)(=O)c1c(C)n[nH]c1C)S(C)(=O)=O. The molecule has 1 atom stereocenters. The maximum atomic E-state index is 12.3. The Bertz CT molecular complexity index is 690. The Labute approximate surface area is 132 Å². The van der Waals surface area contributed by atoms with E-state index in [1.165, 1.54) is 4.31 Å². The number of hydrogen-bond donors (Lipinski definition) is 2. The van der Waals surface area contributed by atoms with Crippen LogP contribution in [0.1, 0.15) is 31.7 Å². The van der Waals surface area contributed by atoms with Gasteiger partial charge in [-0.25, -0.2) is 21.6 Å². The number of aromatic nitrogens is 2. The summed E-state index contributed by atoms with van der Waals surface area (Å²) in [6.45, 7) is 6.98. The number of nitrogens with zero attached hydrogens (tertiary/aromatic N) is 2. The van der Waals surface area contributed by atoms with Crippen LogP contribution >= 0.6 is 0 Å². The first kappa shape index (κ1) is 19.1. The molecule has 0 spiro atoms. The van der Waals surface area contributed by atoms with Gasteiger partial charge in [0.05, 0.1) is 17.6 Å². The second kappa shape index (κ2) is 7.07. The zero-order valence-electron chi connectivity index (χ0n) is 13.5. The van der Waals surface area contributed by atoms with Gasteiger partial charge < -0.3 is 0 Å². The normalized spacial score (nSPS) is 14.5. The molecular weight excluding hydrogens is 328 g/mol. The topological polar surface area (TPSA) is 112 Å². The predicted octanol–water partition coefficient (Wildman–Crippen LogP) is 0.365. The van der Waals surface area contributed by atoms with Crippen molar-refractivity contribution in [1.82, 2.24) is 19.2 Å². The molecule has 22 heavy (non-hydrogen) atoms. The maximum Gasteiger partial charge on any atom is 0.244 e. The fraction of sp³-hybridized carbons (Fsp3) is 0.750. The minimum absolute atomic E-state index is 0.00377. The Morgan fingerprint density at radius 2 is 1.86 bits per heavy atom.